The zero-order chi connectivity index (χ0) is 17.7. The van der Waals surface area contributed by atoms with Crippen LogP contribution in [0.15, 0.2) is 35.9 Å². The van der Waals surface area contributed by atoms with Crippen molar-refractivity contribution in [3.63, 3.8) is 0 Å². The van der Waals surface area contributed by atoms with Crippen molar-refractivity contribution in [2.45, 2.75) is 20.3 Å². The van der Waals surface area contributed by atoms with Gasteiger partial charge in [0.1, 0.15) is 23.4 Å². The number of hydrogen-bond donors (Lipinski definition) is 1. The Labute approximate surface area is 141 Å². The van der Waals surface area contributed by atoms with Crippen LogP contribution in [0.2, 0.25) is 0 Å². The molecule has 2 rings (SSSR count). The smallest absolute Gasteiger partial charge is 0.266 e. The SMILES string of the molecule is CCc1ccc(NC(=O)/C(C#N)=C/c2cc(C#N)n(C)c2C)cc1. The number of carbonyl (C=O) groups is 1. The summed E-state index contributed by atoms with van der Waals surface area (Å²) >= 11 is 0. The van der Waals surface area contributed by atoms with Gasteiger partial charge < -0.3 is 9.88 Å². The second kappa shape index (κ2) is 7.30. The van der Waals surface area contributed by atoms with Crippen molar-refractivity contribution in [1.29, 1.82) is 10.5 Å². The van der Waals surface area contributed by atoms with Crippen molar-refractivity contribution in [2.75, 3.05) is 5.32 Å². The third kappa shape index (κ3) is 3.53. The van der Waals surface area contributed by atoms with E-state index >= 15 is 0 Å². The summed E-state index contributed by atoms with van der Waals surface area (Å²) in [5.41, 5.74) is 3.79. The minimum absolute atomic E-state index is 0.00671. The lowest BCUT2D eigenvalue weighted by molar-refractivity contribution is -0.112. The molecule has 0 aliphatic rings. The molecule has 1 amide bonds. The van der Waals surface area contributed by atoms with Gasteiger partial charge in [0.25, 0.3) is 5.91 Å². The Bertz CT molecular complexity index is 874. The van der Waals surface area contributed by atoms with Crippen molar-refractivity contribution in [2.24, 2.45) is 7.05 Å². The highest BCUT2D eigenvalue weighted by atomic mass is 16.1. The molecule has 0 bridgehead atoms. The average molecular weight is 318 g/mol. The van der Waals surface area contributed by atoms with Gasteiger partial charge in [-0.05, 0) is 48.7 Å². The van der Waals surface area contributed by atoms with E-state index in [-0.39, 0.29) is 5.57 Å². The zero-order valence-electron chi connectivity index (χ0n) is 13.9. The van der Waals surface area contributed by atoms with Crippen molar-refractivity contribution in [3.05, 3.63) is 58.4 Å². The molecule has 0 radical (unpaired) electrons. The van der Waals surface area contributed by atoms with Gasteiger partial charge in [-0.1, -0.05) is 19.1 Å². The minimum atomic E-state index is -0.469. The van der Waals surface area contributed by atoms with Gasteiger partial charge in [-0.15, -0.1) is 0 Å². The second-order valence-corrected chi connectivity index (χ2v) is 5.42. The third-order valence-electron chi connectivity index (χ3n) is 3.97. The molecule has 2 aromatic rings. The lowest BCUT2D eigenvalue weighted by Crippen LogP contribution is -2.13. The van der Waals surface area contributed by atoms with E-state index in [1.165, 1.54) is 11.6 Å². The number of aryl methyl sites for hydroxylation is 1. The van der Waals surface area contributed by atoms with Gasteiger partial charge in [-0.25, -0.2) is 0 Å². The predicted molar refractivity (Wildman–Crippen MR) is 92.9 cm³/mol. The Morgan fingerprint density at radius 2 is 1.96 bits per heavy atom. The Morgan fingerprint density at radius 1 is 1.29 bits per heavy atom. The van der Waals surface area contributed by atoms with Gasteiger partial charge in [0, 0.05) is 18.4 Å². The third-order valence-corrected chi connectivity index (χ3v) is 3.97. The molecule has 0 fully saturated rings. The summed E-state index contributed by atoms with van der Waals surface area (Å²) in [6.07, 6.45) is 2.43. The molecule has 24 heavy (non-hydrogen) atoms. The number of benzene rings is 1. The predicted octanol–water partition coefficient (Wildman–Crippen LogP) is 3.31. The van der Waals surface area contributed by atoms with E-state index in [0.717, 1.165) is 12.1 Å². The molecule has 5 heteroatoms. The van der Waals surface area contributed by atoms with Crippen molar-refractivity contribution in [1.82, 2.24) is 4.57 Å². The molecule has 1 aromatic heterocycles. The van der Waals surface area contributed by atoms with Gasteiger partial charge in [0.2, 0.25) is 0 Å². The second-order valence-electron chi connectivity index (χ2n) is 5.42. The number of hydrogen-bond acceptors (Lipinski definition) is 3. The summed E-state index contributed by atoms with van der Waals surface area (Å²) in [6, 6.07) is 13.2. The van der Waals surface area contributed by atoms with E-state index < -0.39 is 5.91 Å². The summed E-state index contributed by atoms with van der Waals surface area (Å²) in [7, 11) is 1.77. The summed E-state index contributed by atoms with van der Waals surface area (Å²) < 4.78 is 1.72. The lowest BCUT2D eigenvalue weighted by atomic mass is 10.1. The first-order chi connectivity index (χ1) is 11.5. The molecule has 0 aliphatic carbocycles. The Hall–Kier alpha value is -3.31. The molecule has 0 spiro atoms. The molecule has 0 atom stereocenters. The molecule has 0 saturated carbocycles. The van der Waals surface area contributed by atoms with Crippen LogP contribution in [0.25, 0.3) is 6.08 Å². The average Bonchev–Trinajstić information content (AvgIpc) is 2.87. The first-order valence-corrected chi connectivity index (χ1v) is 7.58. The van der Waals surface area contributed by atoms with Gasteiger partial charge in [-0.3, -0.25) is 4.79 Å². The number of nitriles is 2. The fourth-order valence-corrected chi connectivity index (χ4v) is 2.30. The summed E-state index contributed by atoms with van der Waals surface area (Å²) in [6.45, 7) is 3.89. The molecule has 120 valence electrons. The molecule has 0 aliphatic heterocycles. The number of nitrogens with zero attached hydrogens (tertiary/aromatic N) is 3. The summed E-state index contributed by atoms with van der Waals surface area (Å²) in [5, 5.41) is 21.1. The molecular formula is C19H18N4O. The number of anilines is 1. The van der Waals surface area contributed by atoms with Crippen LogP contribution in [0.3, 0.4) is 0 Å². The molecule has 1 aromatic carbocycles. The standard InChI is InChI=1S/C19H18N4O/c1-4-14-5-7-17(8-6-14)22-19(24)16(11-20)9-15-10-18(12-21)23(3)13(15)2/h5-10H,4H2,1-3H3,(H,22,24)/b16-9+. The summed E-state index contributed by atoms with van der Waals surface area (Å²) in [5.74, 6) is -0.469. The Morgan fingerprint density at radius 3 is 2.46 bits per heavy atom. The fraction of sp³-hybridized carbons (Fsp3) is 0.211. The van der Waals surface area contributed by atoms with Crippen LogP contribution in [0.1, 0.15) is 29.4 Å². The van der Waals surface area contributed by atoms with Crippen LogP contribution in [0, 0.1) is 29.6 Å². The number of aromatic nitrogens is 1. The molecule has 0 saturated heterocycles. The van der Waals surface area contributed by atoms with Crippen molar-refractivity contribution < 1.29 is 4.79 Å². The molecule has 5 nitrogen and oxygen atoms in total. The van der Waals surface area contributed by atoms with E-state index in [1.54, 1.807) is 17.7 Å². The van der Waals surface area contributed by atoms with E-state index in [0.29, 0.717) is 16.9 Å². The Kier molecular flexibility index (Phi) is 5.19. The number of nitrogens with one attached hydrogen (secondary N) is 1. The largest absolute Gasteiger partial charge is 0.339 e. The molecular weight excluding hydrogens is 300 g/mol. The van der Waals surface area contributed by atoms with E-state index in [4.69, 9.17) is 5.26 Å². The maximum atomic E-state index is 12.3. The highest BCUT2D eigenvalue weighted by Gasteiger charge is 2.13. The van der Waals surface area contributed by atoms with E-state index in [1.807, 2.05) is 37.3 Å². The quantitative estimate of drug-likeness (QED) is 0.693. The van der Waals surface area contributed by atoms with Crippen LogP contribution in [-0.4, -0.2) is 10.5 Å². The number of rotatable bonds is 4. The number of carbonyl (C=O) groups excluding carboxylic acids is 1. The topological polar surface area (TPSA) is 81.6 Å². The lowest BCUT2D eigenvalue weighted by Gasteiger charge is -2.05. The van der Waals surface area contributed by atoms with Crippen LogP contribution >= 0.6 is 0 Å². The molecule has 1 N–H and O–H groups in total. The van der Waals surface area contributed by atoms with Crippen molar-refractivity contribution >= 4 is 17.7 Å². The van der Waals surface area contributed by atoms with Crippen molar-refractivity contribution in [3.8, 4) is 12.1 Å². The first-order valence-electron chi connectivity index (χ1n) is 7.58. The highest BCUT2D eigenvalue weighted by Crippen LogP contribution is 2.18. The van der Waals surface area contributed by atoms with E-state index in [2.05, 4.69) is 18.3 Å². The molecule has 1 heterocycles. The van der Waals surface area contributed by atoms with E-state index in [9.17, 15) is 10.1 Å². The van der Waals surface area contributed by atoms with Crippen LogP contribution < -0.4 is 5.32 Å². The maximum Gasteiger partial charge on any atom is 0.266 e. The normalized spacial score (nSPS) is 10.8. The number of amides is 1. The van der Waals surface area contributed by atoms with Gasteiger partial charge in [0.05, 0.1) is 0 Å². The fourth-order valence-electron chi connectivity index (χ4n) is 2.30. The van der Waals surface area contributed by atoms with Crippen LogP contribution in [-0.2, 0) is 18.3 Å². The Balaban J connectivity index is 2.26. The highest BCUT2D eigenvalue weighted by molar-refractivity contribution is 6.09. The van der Waals surface area contributed by atoms with Gasteiger partial charge in [0.15, 0.2) is 0 Å². The van der Waals surface area contributed by atoms with Crippen LogP contribution in [0.4, 0.5) is 5.69 Å². The summed E-state index contributed by atoms with van der Waals surface area (Å²) in [4.78, 5) is 12.3. The van der Waals surface area contributed by atoms with Crippen LogP contribution in [0.5, 0.6) is 0 Å². The first kappa shape index (κ1) is 17.1. The maximum absolute atomic E-state index is 12.3. The molecule has 0 unspecified atom stereocenters. The zero-order valence-corrected chi connectivity index (χ0v) is 13.9. The van der Waals surface area contributed by atoms with Gasteiger partial charge in [-0.2, -0.15) is 10.5 Å². The monoisotopic (exact) mass is 318 g/mol. The van der Waals surface area contributed by atoms with Gasteiger partial charge >= 0.3 is 0 Å². The minimum Gasteiger partial charge on any atom is -0.339 e.